The molecule has 2 atom stereocenters. The van der Waals surface area contributed by atoms with E-state index in [1.54, 1.807) is 0 Å². The molecule has 2 unspecified atom stereocenters. The molecule has 2 heteroatoms. The molecule has 2 heterocycles. The minimum Gasteiger partial charge on any atom is -0.303 e. The third kappa shape index (κ3) is 15.9. The van der Waals surface area contributed by atoms with E-state index in [0.717, 1.165) is 11.8 Å². The predicted molar refractivity (Wildman–Crippen MR) is 118 cm³/mol. The third-order valence-electron chi connectivity index (χ3n) is 4.85. The van der Waals surface area contributed by atoms with E-state index < -0.39 is 0 Å². The third-order valence-corrected chi connectivity index (χ3v) is 4.85. The minimum absolute atomic E-state index is 0.945. The zero-order valence-corrected chi connectivity index (χ0v) is 19.2. The van der Waals surface area contributed by atoms with Gasteiger partial charge in [-0.3, -0.25) is 0 Å². The van der Waals surface area contributed by atoms with Crippen LogP contribution >= 0.6 is 0 Å². The Morgan fingerprint density at radius 3 is 1.48 bits per heavy atom. The van der Waals surface area contributed by atoms with Gasteiger partial charge in [0, 0.05) is 13.1 Å². The van der Waals surface area contributed by atoms with Crippen molar-refractivity contribution < 1.29 is 0 Å². The van der Waals surface area contributed by atoms with Gasteiger partial charge in [0.15, 0.2) is 0 Å². The van der Waals surface area contributed by atoms with Gasteiger partial charge >= 0.3 is 0 Å². The van der Waals surface area contributed by atoms with Crippen LogP contribution in [0.1, 0.15) is 100 Å². The van der Waals surface area contributed by atoms with Gasteiger partial charge in [-0.25, -0.2) is 0 Å². The molecular weight excluding hydrogens is 304 g/mol. The van der Waals surface area contributed by atoms with Crippen LogP contribution in [0.4, 0.5) is 0 Å². The summed E-state index contributed by atoms with van der Waals surface area (Å²) in [5, 5.41) is 0. The minimum atomic E-state index is 0.945. The maximum absolute atomic E-state index is 2.62. The molecule has 0 aliphatic carbocycles. The summed E-state index contributed by atoms with van der Waals surface area (Å²) in [5.41, 5.74) is 0. The van der Waals surface area contributed by atoms with E-state index in [2.05, 4.69) is 37.5 Å². The van der Waals surface area contributed by atoms with Crippen molar-refractivity contribution in [3.05, 3.63) is 0 Å². The van der Waals surface area contributed by atoms with Crippen molar-refractivity contribution in [2.45, 2.75) is 100 Å². The molecule has 25 heavy (non-hydrogen) atoms. The number of hydrogen-bond donors (Lipinski definition) is 0. The number of piperidine rings is 2. The summed E-state index contributed by atoms with van der Waals surface area (Å²) >= 11 is 0. The summed E-state index contributed by atoms with van der Waals surface area (Å²) in [4.78, 5) is 5.21. The van der Waals surface area contributed by atoms with E-state index in [4.69, 9.17) is 0 Å². The SMILES string of the molecule is CC.CC.CCCCN1CCCC(C)C1.CCCN1CCCC(C)C1. The molecule has 0 radical (unpaired) electrons. The lowest BCUT2D eigenvalue weighted by molar-refractivity contribution is 0.182. The lowest BCUT2D eigenvalue weighted by atomic mass is 10.0. The van der Waals surface area contributed by atoms with Gasteiger partial charge in [-0.05, 0) is 76.5 Å². The van der Waals surface area contributed by atoms with E-state index in [9.17, 15) is 0 Å². The standard InChI is InChI=1S/C10H21N.C9H19N.2C2H6/c1-3-4-7-11-8-5-6-10(2)9-11;1-3-6-10-7-4-5-9(2)8-10;2*1-2/h10H,3-9H2,1-2H3;9H,3-8H2,1-2H3;2*1-2H3. The Balaban J connectivity index is 0. The summed E-state index contributed by atoms with van der Waals surface area (Å²) in [6.07, 6.45) is 9.76. The Hall–Kier alpha value is -0.0800. The first kappa shape index (κ1) is 27.1. The number of hydrogen-bond acceptors (Lipinski definition) is 2. The second-order valence-electron chi connectivity index (χ2n) is 7.45. The Morgan fingerprint density at radius 2 is 1.12 bits per heavy atom. The molecule has 2 nitrogen and oxygen atoms in total. The summed E-state index contributed by atoms with van der Waals surface area (Å²) in [6, 6.07) is 0. The first-order valence-corrected chi connectivity index (χ1v) is 11.6. The van der Waals surface area contributed by atoms with Gasteiger partial charge in [0.2, 0.25) is 0 Å². The van der Waals surface area contributed by atoms with Crippen LogP contribution in [0.5, 0.6) is 0 Å². The molecule has 0 spiro atoms. The first-order chi connectivity index (χ1) is 12.2. The van der Waals surface area contributed by atoms with Gasteiger partial charge in [-0.15, -0.1) is 0 Å². The number of nitrogens with zero attached hydrogens (tertiary/aromatic N) is 2. The van der Waals surface area contributed by atoms with Crippen molar-refractivity contribution in [1.82, 2.24) is 9.80 Å². The smallest absolute Gasteiger partial charge is 0.000703 e. The van der Waals surface area contributed by atoms with Crippen molar-refractivity contribution in [3.63, 3.8) is 0 Å². The highest BCUT2D eigenvalue weighted by Crippen LogP contribution is 2.16. The number of likely N-dealkylation sites (tertiary alicyclic amines) is 2. The second kappa shape index (κ2) is 20.2. The van der Waals surface area contributed by atoms with Crippen molar-refractivity contribution in [3.8, 4) is 0 Å². The molecule has 2 rings (SSSR count). The van der Waals surface area contributed by atoms with Crippen LogP contribution in [-0.2, 0) is 0 Å². The number of rotatable bonds is 5. The zero-order valence-electron chi connectivity index (χ0n) is 19.2. The molecule has 154 valence electrons. The largest absolute Gasteiger partial charge is 0.303 e. The average molecular weight is 357 g/mol. The van der Waals surface area contributed by atoms with Crippen LogP contribution < -0.4 is 0 Å². The van der Waals surface area contributed by atoms with E-state index in [1.165, 1.54) is 84.2 Å². The fourth-order valence-corrected chi connectivity index (χ4v) is 3.68. The topological polar surface area (TPSA) is 6.48 Å². The van der Waals surface area contributed by atoms with Crippen LogP contribution in [0.2, 0.25) is 0 Å². The predicted octanol–water partition coefficient (Wildman–Crippen LogP) is 6.70. The summed E-state index contributed by atoms with van der Waals surface area (Å²) in [7, 11) is 0. The molecule has 0 saturated carbocycles. The Bertz CT molecular complexity index is 240. The maximum atomic E-state index is 2.62. The molecule has 0 aromatic rings. The van der Waals surface area contributed by atoms with Crippen molar-refractivity contribution in [2.24, 2.45) is 11.8 Å². The quantitative estimate of drug-likeness (QED) is 0.541. The highest BCUT2D eigenvalue weighted by molar-refractivity contribution is 4.69. The molecule has 2 fully saturated rings. The van der Waals surface area contributed by atoms with Crippen molar-refractivity contribution in [2.75, 3.05) is 39.3 Å². The summed E-state index contributed by atoms with van der Waals surface area (Å²) in [5.74, 6) is 1.89. The van der Waals surface area contributed by atoms with Crippen LogP contribution in [0.3, 0.4) is 0 Å². The number of unbranched alkanes of at least 4 members (excludes halogenated alkanes) is 1. The van der Waals surface area contributed by atoms with Crippen LogP contribution in [0, 0.1) is 11.8 Å². The molecule has 0 bridgehead atoms. The zero-order chi connectivity index (χ0) is 19.5. The lowest BCUT2D eigenvalue weighted by Gasteiger charge is -2.30. The van der Waals surface area contributed by atoms with Crippen molar-refractivity contribution >= 4 is 0 Å². The Kier molecular flexibility index (Phi) is 22.0. The fourth-order valence-electron chi connectivity index (χ4n) is 3.68. The molecule has 2 aliphatic heterocycles. The molecule has 0 aromatic carbocycles. The molecular formula is C23H52N2. The maximum Gasteiger partial charge on any atom is 0.000703 e. The van der Waals surface area contributed by atoms with Crippen LogP contribution in [-0.4, -0.2) is 49.1 Å². The molecule has 0 N–H and O–H groups in total. The summed E-state index contributed by atoms with van der Waals surface area (Å²) in [6.45, 7) is 25.3. The monoisotopic (exact) mass is 356 g/mol. The van der Waals surface area contributed by atoms with E-state index in [0.29, 0.717) is 0 Å². The second-order valence-corrected chi connectivity index (χ2v) is 7.45. The molecule has 0 aromatic heterocycles. The molecule has 0 amide bonds. The van der Waals surface area contributed by atoms with Gasteiger partial charge in [0.05, 0.1) is 0 Å². The summed E-state index contributed by atoms with van der Waals surface area (Å²) < 4.78 is 0. The van der Waals surface area contributed by atoms with Crippen molar-refractivity contribution in [1.29, 1.82) is 0 Å². The van der Waals surface area contributed by atoms with E-state index >= 15 is 0 Å². The van der Waals surface area contributed by atoms with E-state index in [-0.39, 0.29) is 0 Å². The van der Waals surface area contributed by atoms with Gasteiger partial charge in [-0.2, -0.15) is 0 Å². The normalized spacial score (nSPS) is 24.0. The van der Waals surface area contributed by atoms with Gasteiger partial charge in [-0.1, -0.05) is 61.8 Å². The molecule has 2 aliphatic rings. The fraction of sp³-hybridized carbons (Fsp3) is 1.00. The van der Waals surface area contributed by atoms with Gasteiger partial charge < -0.3 is 9.80 Å². The van der Waals surface area contributed by atoms with Crippen LogP contribution in [0.15, 0.2) is 0 Å². The highest BCUT2D eigenvalue weighted by Gasteiger charge is 2.15. The average Bonchev–Trinajstić information content (AvgIpc) is 2.64. The van der Waals surface area contributed by atoms with Gasteiger partial charge in [0.1, 0.15) is 0 Å². The van der Waals surface area contributed by atoms with E-state index in [1.807, 2.05) is 27.7 Å². The van der Waals surface area contributed by atoms with Crippen LogP contribution in [0.25, 0.3) is 0 Å². The lowest BCUT2D eigenvalue weighted by Crippen LogP contribution is -2.34. The first-order valence-electron chi connectivity index (χ1n) is 11.6. The Morgan fingerprint density at radius 1 is 0.680 bits per heavy atom. The molecule has 2 saturated heterocycles. The highest BCUT2D eigenvalue weighted by atomic mass is 15.1. The van der Waals surface area contributed by atoms with Gasteiger partial charge in [0.25, 0.3) is 0 Å². The Labute approximate surface area is 161 Å².